The molecule has 2 aliphatic rings. The molecule has 1 aromatic heterocycles. The quantitative estimate of drug-likeness (QED) is 0.498. The number of amides is 1. The summed E-state index contributed by atoms with van der Waals surface area (Å²) in [6.07, 6.45) is 2.12. The number of halogens is 2. The van der Waals surface area contributed by atoms with Crippen molar-refractivity contribution in [3.63, 3.8) is 0 Å². The van der Waals surface area contributed by atoms with Crippen molar-refractivity contribution in [2.75, 3.05) is 13.0 Å². The van der Waals surface area contributed by atoms with Gasteiger partial charge in [-0.1, -0.05) is 6.07 Å². The molecule has 7 nitrogen and oxygen atoms in total. The smallest absolute Gasteiger partial charge is 0.240 e. The number of methoxy groups -OCH3 is 1. The Morgan fingerprint density at radius 2 is 2.03 bits per heavy atom. The molecule has 0 bridgehead atoms. The fourth-order valence-electron chi connectivity index (χ4n) is 4.76. The summed E-state index contributed by atoms with van der Waals surface area (Å²) in [7, 11) is -2.22. The van der Waals surface area contributed by atoms with E-state index in [2.05, 4.69) is 9.71 Å². The van der Waals surface area contributed by atoms with Gasteiger partial charge in [0.2, 0.25) is 15.9 Å². The molecule has 34 heavy (non-hydrogen) atoms. The molecule has 0 saturated heterocycles. The van der Waals surface area contributed by atoms with Gasteiger partial charge in [0, 0.05) is 34.2 Å². The topological polar surface area (TPSA) is 91.5 Å². The third-order valence-electron chi connectivity index (χ3n) is 6.55. The number of benzene rings is 2. The van der Waals surface area contributed by atoms with E-state index in [4.69, 9.17) is 16.3 Å². The Kier molecular flexibility index (Phi) is 5.82. The molecule has 2 atom stereocenters. The Morgan fingerprint density at radius 3 is 2.68 bits per heavy atom. The number of ether oxygens (including phenoxy) is 1. The van der Waals surface area contributed by atoms with Gasteiger partial charge in [0.25, 0.3) is 0 Å². The minimum atomic E-state index is -3.81. The van der Waals surface area contributed by atoms with E-state index in [0.29, 0.717) is 17.9 Å². The first kappa shape index (κ1) is 23.1. The largest absolute Gasteiger partial charge is 0.497 e. The molecule has 2 N–H and O–H groups in total. The fraction of sp³-hybridized carbons (Fsp3) is 0.375. The molecule has 0 radical (unpaired) electrons. The Hall–Kier alpha value is -2.62. The van der Waals surface area contributed by atoms with E-state index in [1.807, 2.05) is 25.1 Å². The number of carbonyl (C=O) groups excluding carboxylic acids is 1. The van der Waals surface area contributed by atoms with Crippen LogP contribution in [0.5, 0.6) is 5.75 Å². The van der Waals surface area contributed by atoms with Crippen LogP contribution in [0, 0.1) is 5.82 Å². The number of H-pyrrole nitrogens is 1. The maximum Gasteiger partial charge on any atom is 0.240 e. The number of alkyl halides is 1. The summed E-state index contributed by atoms with van der Waals surface area (Å²) < 4.78 is 48.7. The number of hydrogen-bond acceptors (Lipinski definition) is 4. The highest BCUT2D eigenvalue weighted by Gasteiger charge is 2.40. The standard InChI is InChI=1S/C24H25ClFN3O4S/c1-13-9-19-18-10-15(33-2)5-8-21(18)27-23(19)24(29(13)22(30)12-25)17-7-6-16(11-20(17)26)34(31,32)28-14-3-4-14/h5-8,10-11,13-14,24,27-28H,3-4,9,12H2,1-2H3/t13-,24-/m0/s1. The average Bonchev–Trinajstić information content (AvgIpc) is 3.55. The van der Waals surface area contributed by atoms with E-state index >= 15 is 4.39 Å². The van der Waals surface area contributed by atoms with Crippen molar-refractivity contribution in [3.05, 3.63) is 59.0 Å². The number of aromatic amines is 1. The molecule has 10 heteroatoms. The summed E-state index contributed by atoms with van der Waals surface area (Å²) in [6, 6.07) is 8.37. The molecular formula is C24H25ClFN3O4S. The molecule has 1 fully saturated rings. The van der Waals surface area contributed by atoms with Gasteiger partial charge in [0.15, 0.2) is 0 Å². The van der Waals surface area contributed by atoms with Crippen LogP contribution in [-0.2, 0) is 21.2 Å². The predicted molar refractivity (Wildman–Crippen MR) is 127 cm³/mol. The first-order valence-electron chi connectivity index (χ1n) is 11.1. The second kappa shape index (κ2) is 8.55. The maximum atomic E-state index is 15.6. The van der Waals surface area contributed by atoms with E-state index in [1.165, 1.54) is 12.1 Å². The highest BCUT2D eigenvalue weighted by atomic mass is 35.5. The van der Waals surface area contributed by atoms with E-state index in [-0.39, 0.29) is 34.3 Å². The van der Waals surface area contributed by atoms with Gasteiger partial charge in [-0.05, 0) is 62.1 Å². The molecule has 3 aromatic rings. The molecule has 2 aromatic carbocycles. The monoisotopic (exact) mass is 505 g/mol. The minimum Gasteiger partial charge on any atom is -0.497 e. The van der Waals surface area contributed by atoms with Crippen LogP contribution in [0.25, 0.3) is 10.9 Å². The molecule has 1 saturated carbocycles. The summed E-state index contributed by atoms with van der Waals surface area (Å²) >= 11 is 5.93. The van der Waals surface area contributed by atoms with Crippen molar-refractivity contribution in [3.8, 4) is 5.75 Å². The Balaban J connectivity index is 1.65. The molecular weight excluding hydrogens is 481 g/mol. The van der Waals surface area contributed by atoms with Crippen LogP contribution in [0.15, 0.2) is 41.3 Å². The Bertz CT molecular complexity index is 1390. The lowest BCUT2D eigenvalue weighted by Crippen LogP contribution is -2.47. The molecule has 2 heterocycles. The van der Waals surface area contributed by atoms with E-state index < -0.39 is 21.9 Å². The molecule has 1 amide bonds. The first-order valence-corrected chi connectivity index (χ1v) is 13.1. The van der Waals surface area contributed by atoms with Crippen LogP contribution in [0.1, 0.15) is 42.6 Å². The lowest BCUT2D eigenvalue weighted by atomic mass is 9.88. The van der Waals surface area contributed by atoms with Gasteiger partial charge in [-0.25, -0.2) is 17.5 Å². The average molecular weight is 506 g/mol. The second-order valence-corrected chi connectivity index (χ2v) is 10.9. The van der Waals surface area contributed by atoms with Gasteiger partial charge in [0.05, 0.1) is 12.0 Å². The Morgan fingerprint density at radius 1 is 1.26 bits per heavy atom. The first-order chi connectivity index (χ1) is 16.2. The van der Waals surface area contributed by atoms with Crippen LogP contribution in [0.4, 0.5) is 4.39 Å². The van der Waals surface area contributed by atoms with E-state index in [0.717, 1.165) is 35.4 Å². The number of nitrogens with one attached hydrogen (secondary N) is 2. The van der Waals surface area contributed by atoms with Crippen LogP contribution in [0.2, 0.25) is 0 Å². The van der Waals surface area contributed by atoms with Crippen LogP contribution >= 0.6 is 11.6 Å². The number of fused-ring (bicyclic) bond motifs is 3. The summed E-state index contributed by atoms with van der Waals surface area (Å²) in [5.41, 5.74) is 2.70. The van der Waals surface area contributed by atoms with Gasteiger partial charge in [-0.2, -0.15) is 0 Å². The lowest BCUT2D eigenvalue weighted by molar-refractivity contribution is -0.133. The number of carbonyl (C=O) groups is 1. The summed E-state index contributed by atoms with van der Waals surface area (Å²) in [5, 5.41) is 0.942. The third-order valence-corrected chi connectivity index (χ3v) is 8.30. The van der Waals surface area contributed by atoms with Gasteiger partial charge >= 0.3 is 0 Å². The zero-order valence-corrected chi connectivity index (χ0v) is 20.3. The summed E-state index contributed by atoms with van der Waals surface area (Å²) in [5.74, 6) is -0.578. The summed E-state index contributed by atoms with van der Waals surface area (Å²) in [4.78, 5) is 17.7. The van der Waals surface area contributed by atoms with Gasteiger partial charge in [0.1, 0.15) is 23.5 Å². The maximum absolute atomic E-state index is 15.6. The zero-order chi connectivity index (χ0) is 24.2. The van der Waals surface area contributed by atoms with Crippen LogP contribution < -0.4 is 9.46 Å². The van der Waals surface area contributed by atoms with Gasteiger partial charge < -0.3 is 14.6 Å². The summed E-state index contributed by atoms with van der Waals surface area (Å²) in [6.45, 7) is 1.90. The molecule has 0 spiro atoms. The van der Waals surface area contributed by atoms with Gasteiger partial charge in [-0.3, -0.25) is 4.79 Å². The van der Waals surface area contributed by atoms with Crippen molar-refractivity contribution in [2.24, 2.45) is 0 Å². The molecule has 0 unspecified atom stereocenters. The SMILES string of the molecule is COc1ccc2[nH]c3c(c2c1)C[C@H](C)N(C(=O)CCl)[C@H]3c1ccc(S(=O)(=O)NC2CC2)cc1F. The number of nitrogens with zero attached hydrogens (tertiary/aromatic N) is 1. The second-order valence-electron chi connectivity index (χ2n) is 8.90. The van der Waals surface area contributed by atoms with Crippen LogP contribution in [0.3, 0.4) is 0 Å². The third kappa shape index (κ3) is 3.95. The van der Waals surface area contributed by atoms with Gasteiger partial charge in [-0.15, -0.1) is 11.6 Å². The van der Waals surface area contributed by atoms with Crippen LogP contribution in [-0.4, -0.2) is 49.3 Å². The number of rotatable bonds is 6. The minimum absolute atomic E-state index is 0.0883. The Labute approximate surface area is 202 Å². The molecule has 1 aliphatic heterocycles. The molecule has 180 valence electrons. The van der Waals surface area contributed by atoms with Crippen molar-refractivity contribution in [1.29, 1.82) is 0 Å². The normalized spacial score (nSPS) is 20.4. The molecule has 1 aliphatic carbocycles. The number of aromatic nitrogens is 1. The highest BCUT2D eigenvalue weighted by Crippen LogP contribution is 2.42. The highest BCUT2D eigenvalue weighted by molar-refractivity contribution is 7.89. The zero-order valence-electron chi connectivity index (χ0n) is 18.8. The van der Waals surface area contributed by atoms with Crippen molar-refractivity contribution < 1.29 is 22.3 Å². The molecule has 5 rings (SSSR count). The number of hydrogen-bond donors (Lipinski definition) is 2. The lowest BCUT2D eigenvalue weighted by Gasteiger charge is -2.41. The van der Waals surface area contributed by atoms with E-state index in [9.17, 15) is 13.2 Å². The van der Waals surface area contributed by atoms with Crippen molar-refractivity contribution in [1.82, 2.24) is 14.6 Å². The number of sulfonamides is 1. The van der Waals surface area contributed by atoms with Crippen molar-refractivity contribution >= 4 is 38.4 Å². The van der Waals surface area contributed by atoms with E-state index in [1.54, 1.807) is 12.0 Å². The predicted octanol–water partition coefficient (Wildman–Crippen LogP) is 3.86. The van der Waals surface area contributed by atoms with Crippen molar-refractivity contribution in [2.45, 2.75) is 49.2 Å². The fourth-order valence-corrected chi connectivity index (χ4v) is 6.22.